The highest BCUT2D eigenvalue weighted by atomic mass is 16.5. The van der Waals surface area contributed by atoms with E-state index in [2.05, 4.69) is 20.8 Å². The van der Waals surface area contributed by atoms with E-state index in [0.29, 0.717) is 0 Å². The maximum Gasteiger partial charge on any atom is 0.0468 e. The predicted octanol–water partition coefficient (Wildman–Crippen LogP) is 4.04. The van der Waals surface area contributed by atoms with Gasteiger partial charge in [0.15, 0.2) is 0 Å². The van der Waals surface area contributed by atoms with E-state index in [9.17, 15) is 0 Å². The summed E-state index contributed by atoms with van der Waals surface area (Å²) in [7, 11) is 0. The normalized spacial score (nSPS) is 11.2. The van der Waals surface area contributed by atoms with E-state index in [0.717, 1.165) is 38.8 Å². The smallest absolute Gasteiger partial charge is 0.0468 e. The molecule has 2 heteroatoms. The van der Waals surface area contributed by atoms with Gasteiger partial charge in [0, 0.05) is 26.4 Å². The van der Waals surface area contributed by atoms with Crippen LogP contribution in [-0.2, 0) is 9.47 Å². The number of rotatable bonds is 12. The molecule has 0 aliphatic carbocycles. The second kappa shape index (κ2) is 13.0. The van der Waals surface area contributed by atoms with Crippen LogP contribution in [-0.4, -0.2) is 26.4 Å². The fourth-order valence-electron chi connectivity index (χ4n) is 1.43. The summed E-state index contributed by atoms with van der Waals surface area (Å²) in [4.78, 5) is 0. The molecule has 0 fully saturated rings. The molecule has 0 aromatic heterocycles. The van der Waals surface area contributed by atoms with E-state index < -0.39 is 0 Å². The number of ether oxygens (including phenoxy) is 2. The van der Waals surface area contributed by atoms with Crippen molar-refractivity contribution in [3.05, 3.63) is 0 Å². The molecular formula is C14H30O2. The first kappa shape index (κ1) is 15.9. The molecule has 0 saturated carbocycles. The van der Waals surface area contributed by atoms with Gasteiger partial charge in [0.1, 0.15) is 0 Å². The van der Waals surface area contributed by atoms with Crippen molar-refractivity contribution in [1.82, 2.24) is 0 Å². The lowest BCUT2D eigenvalue weighted by molar-refractivity contribution is 0.115. The molecule has 2 nitrogen and oxygen atoms in total. The van der Waals surface area contributed by atoms with Crippen molar-refractivity contribution >= 4 is 0 Å². The maximum absolute atomic E-state index is 5.56. The Hall–Kier alpha value is -0.0800. The molecule has 0 aliphatic heterocycles. The zero-order chi connectivity index (χ0) is 12.1. The molecule has 0 aliphatic rings. The maximum atomic E-state index is 5.56. The van der Waals surface area contributed by atoms with Gasteiger partial charge in [-0.25, -0.2) is 0 Å². The van der Waals surface area contributed by atoms with Crippen molar-refractivity contribution in [1.29, 1.82) is 0 Å². The molecule has 0 unspecified atom stereocenters. The summed E-state index contributed by atoms with van der Waals surface area (Å²) in [5.74, 6) is 0.760. The minimum Gasteiger partial charge on any atom is -0.381 e. The van der Waals surface area contributed by atoms with Gasteiger partial charge in [0.25, 0.3) is 0 Å². The average Bonchev–Trinajstić information content (AvgIpc) is 2.25. The van der Waals surface area contributed by atoms with Crippen LogP contribution in [0.3, 0.4) is 0 Å². The van der Waals surface area contributed by atoms with E-state index >= 15 is 0 Å². The Morgan fingerprint density at radius 1 is 0.750 bits per heavy atom. The molecule has 0 heterocycles. The van der Waals surface area contributed by atoms with Crippen LogP contribution < -0.4 is 0 Å². The molecule has 0 aromatic carbocycles. The van der Waals surface area contributed by atoms with E-state index in [-0.39, 0.29) is 0 Å². The fourth-order valence-corrected chi connectivity index (χ4v) is 1.43. The van der Waals surface area contributed by atoms with Gasteiger partial charge in [-0.05, 0) is 31.6 Å². The summed E-state index contributed by atoms with van der Waals surface area (Å²) in [6.45, 7) is 10.3. The second-order valence-corrected chi connectivity index (χ2v) is 4.82. The van der Waals surface area contributed by atoms with Crippen LogP contribution in [0.15, 0.2) is 0 Å². The molecule has 16 heavy (non-hydrogen) atoms. The first-order valence-electron chi connectivity index (χ1n) is 6.92. The fraction of sp³-hybridized carbons (Fsp3) is 1.00. The Morgan fingerprint density at radius 2 is 1.31 bits per heavy atom. The Kier molecular flexibility index (Phi) is 12.9. The molecule has 0 rings (SSSR count). The lowest BCUT2D eigenvalue weighted by atomic mass is 10.1. The van der Waals surface area contributed by atoms with Crippen LogP contribution in [0.1, 0.15) is 59.3 Å². The van der Waals surface area contributed by atoms with Crippen molar-refractivity contribution < 1.29 is 9.47 Å². The molecule has 0 amide bonds. The zero-order valence-electron chi connectivity index (χ0n) is 11.5. The van der Waals surface area contributed by atoms with Crippen LogP contribution in [0.4, 0.5) is 0 Å². The number of hydrogen-bond donors (Lipinski definition) is 0. The third kappa shape index (κ3) is 13.9. The third-order valence-electron chi connectivity index (χ3n) is 2.52. The molecule has 0 radical (unpaired) electrons. The largest absolute Gasteiger partial charge is 0.381 e. The molecular weight excluding hydrogens is 200 g/mol. The highest BCUT2D eigenvalue weighted by Crippen LogP contribution is 2.03. The van der Waals surface area contributed by atoms with Gasteiger partial charge in [0.05, 0.1) is 0 Å². The Morgan fingerprint density at radius 3 is 1.81 bits per heavy atom. The molecule has 0 saturated heterocycles. The summed E-state index contributed by atoms with van der Waals surface area (Å²) in [5.41, 5.74) is 0. The topological polar surface area (TPSA) is 18.5 Å². The Bertz CT molecular complexity index is 124. The van der Waals surface area contributed by atoms with Crippen molar-refractivity contribution in [3.8, 4) is 0 Å². The second-order valence-electron chi connectivity index (χ2n) is 4.82. The minimum atomic E-state index is 0.760. The SMILES string of the molecule is CCCOCCCCCCOCCC(C)C. The van der Waals surface area contributed by atoms with Gasteiger partial charge >= 0.3 is 0 Å². The molecule has 0 atom stereocenters. The van der Waals surface area contributed by atoms with Crippen LogP contribution >= 0.6 is 0 Å². The van der Waals surface area contributed by atoms with Gasteiger partial charge in [0.2, 0.25) is 0 Å². The van der Waals surface area contributed by atoms with Crippen LogP contribution in [0.25, 0.3) is 0 Å². The summed E-state index contributed by atoms with van der Waals surface area (Å²) in [5, 5.41) is 0. The monoisotopic (exact) mass is 230 g/mol. The molecule has 0 aromatic rings. The van der Waals surface area contributed by atoms with Crippen molar-refractivity contribution in [3.63, 3.8) is 0 Å². The molecule has 0 bridgehead atoms. The Labute approximate surface area is 102 Å². The van der Waals surface area contributed by atoms with Gasteiger partial charge in [-0.15, -0.1) is 0 Å². The van der Waals surface area contributed by atoms with Crippen molar-refractivity contribution in [2.45, 2.75) is 59.3 Å². The van der Waals surface area contributed by atoms with E-state index in [4.69, 9.17) is 9.47 Å². The predicted molar refractivity (Wildman–Crippen MR) is 69.9 cm³/mol. The van der Waals surface area contributed by atoms with Crippen LogP contribution in [0.5, 0.6) is 0 Å². The van der Waals surface area contributed by atoms with E-state index in [1.165, 1.54) is 32.1 Å². The third-order valence-corrected chi connectivity index (χ3v) is 2.52. The lowest BCUT2D eigenvalue weighted by Crippen LogP contribution is -2.01. The van der Waals surface area contributed by atoms with Crippen molar-refractivity contribution in [2.24, 2.45) is 5.92 Å². The minimum absolute atomic E-state index is 0.760. The lowest BCUT2D eigenvalue weighted by Gasteiger charge is -2.06. The van der Waals surface area contributed by atoms with E-state index in [1.807, 2.05) is 0 Å². The summed E-state index contributed by atoms with van der Waals surface area (Å²) >= 11 is 0. The quantitative estimate of drug-likeness (QED) is 0.471. The van der Waals surface area contributed by atoms with Gasteiger partial charge in [-0.2, -0.15) is 0 Å². The van der Waals surface area contributed by atoms with Crippen LogP contribution in [0, 0.1) is 5.92 Å². The first-order chi connectivity index (χ1) is 7.77. The van der Waals surface area contributed by atoms with E-state index in [1.54, 1.807) is 0 Å². The van der Waals surface area contributed by atoms with Crippen LogP contribution in [0.2, 0.25) is 0 Å². The molecule has 0 N–H and O–H groups in total. The standard InChI is InChI=1S/C14H30O2/c1-4-10-15-11-7-5-6-8-12-16-13-9-14(2)3/h14H,4-13H2,1-3H3. The highest BCUT2D eigenvalue weighted by Gasteiger charge is 1.94. The number of hydrogen-bond acceptors (Lipinski definition) is 2. The summed E-state index contributed by atoms with van der Waals surface area (Å²) in [6, 6.07) is 0. The van der Waals surface area contributed by atoms with Gasteiger partial charge in [-0.3, -0.25) is 0 Å². The summed E-state index contributed by atoms with van der Waals surface area (Å²) < 4.78 is 11.0. The molecule has 98 valence electrons. The summed E-state index contributed by atoms with van der Waals surface area (Å²) in [6.07, 6.45) is 7.26. The first-order valence-corrected chi connectivity index (χ1v) is 6.92. The van der Waals surface area contributed by atoms with Gasteiger partial charge in [-0.1, -0.05) is 33.6 Å². The van der Waals surface area contributed by atoms with Gasteiger partial charge < -0.3 is 9.47 Å². The number of unbranched alkanes of at least 4 members (excludes halogenated alkanes) is 3. The van der Waals surface area contributed by atoms with Crippen molar-refractivity contribution in [2.75, 3.05) is 26.4 Å². The zero-order valence-corrected chi connectivity index (χ0v) is 11.5. The average molecular weight is 230 g/mol. The highest BCUT2D eigenvalue weighted by molar-refractivity contribution is 4.45. The molecule has 0 spiro atoms. The Balaban J connectivity index is 2.88.